The van der Waals surface area contributed by atoms with E-state index in [-0.39, 0.29) is 29.4 Å². The Morgan fingerprint density at radius 2 is 1.93 bits per heavy atom. The Hall–Kier alpha value is -2.89. The van der Waals surface area contributed by atoms with Crippen molar-refractivity contribution in [2.75, 3.05) is 33.3 Å². The van der Waals surface area contributed by atoms with Crippen molar-refractivity contribution in [3.05, 3.63) is 58.7 Å². The largest absolute Gasteiger partial charge is 0.495 e. The lowest BCUT2D eigenvalue weighted by molar-refractivity contribution is -0.142. The number of rotatable bonds is 3. The highest BCUT2D eigenvalue weighted by Gasteiger charge is 2.58. The number of aliphatic hydroxyl groups is 1. The molecular formula is C29H37ClN2O8. The highest BCUT2D eigenvalue weighted by molar-refractivity contribution is 6.35. The third-order valence-electron chi connectivity index (χ3n) is 7.87. The van der Waals surface area contributed by atoms with Gasteiger partial charge >= 0.3 is 6.09 Å². The standard InChI is InChI=1S/C29H37ClN2O8/c1-16-9-8-10-22(37-6)29(35)15-21(39-27(34)31-29)17(2)26-28(3,40-26)12-11-23(33)32(4)19-13-18(25(16)38-7)14-20(36-5)24(19)30/h8-14,17,21-22,25-26,35H,15H2,1-7H3,(H,31,34). The molecule has 10 nitrogen and oxygen atoms in total. The van der Waals surface area contributed by atoms with E-state index in [0.717, 1.165) is 11.1 Å². The normalized spacial score (nSPS) is 34.5. The van der Waals surface area contributed by atoms with Gasteiger partial charge < -0.3 is 33.7 Å². The number of allylic oxidation sites excluding steroid dienone is 2. The van der Waals surface area contributed by atoms with Crippen LogP contribution in [-0.2, 0) is 23.7 Å². The van der Waals surface area contributed by atoms with Crippen molar-refractivity contribution >= 4 is 29.3 Å². The monoisotopic (exact) mass is 576 g/mol. The first-order valence-corrected chi connectivity index (χ1v) is 13.4. The Labute approximate surface area is 239 Å². The quantitative estimate of drug-likeness (QED) is 0.517. The molecule has 2 N–H and O–H groups in total. The second-order valence-electron chi connectivity index (χ2n) is 10.6. The summed E-state index contributed by atoms with van der Waals surface area (Å²) in [5.41, 5.74) is -0.497. The maximum absolute atomic E-state index is 13.2. The summed E-state index contributed by atoms with van der Waals surface area (Å²) in [6.45, 7) is 5.62. The lowest BCUT2D eigenvalue weighted by Gasteiger charge is -2.42. The second-order valence-corrected chi connectivity index (χ2v) is 11.0. The summed E-state index contributed by atoms with van der Waals surface area (Å²) < 4.78 is 28.4. The van der Waals surface area contributed by atoms with Crippen molar-refractivity contribution < 1.29 is 38.4 Å². The lowest BCUT2D eigenvalue weighted by Crippen LogP contribution is -2.63. The molecule has 0 aliphatic carbocycles. The van der Waals surface area contributed by atoms with Gasteiger partial charge in [-0.15, -0.1) is 0 Å². The van der Waals surface area contributed by atoms with Gasteiger partial charge in [-0.05, 0) is 43.2 Å². The lowest BCUT2D eigenvalue weighted by atomic mass is 9.85. The van der Waals surface area contributed by atoms with Crippen LogP contribution in [0.15, 0.2) is 48.1 Å². The van der Waals surface area contributed by atoms with Crippen LogP contribution in [0.3, 0.4) is 0 Å². The summed E-state index contributed by atoms with van der Waals surface area (Å²) in [6.07, 6.45) is 5.27. The van der Waals surface area contributed by atoms with Gasteiger partial charge in [0.1, 0.15) is 34.7 Å². The number of ether oxygens (including phenoxy) is 5. The van der Waals surface area contributed by atoms with Crippen LogP contribution in [0.25, 0.3) is 0 Å². The van der Waals surface area contributed by atoms with Gasteiger partial charge in [0, 0.05) is 39.7 Å². The van der Waals surface area contributed by atoms with Gasteiger partial charge in [-0.1, -0.05) is 36.8 Å². The van der Waals surface area contributed by atoms with E-state index >= 15 is 0 Å². The molecule has 7 atom stereocenters. The average Bonchev–Trinajstić information content (AvgIpc) is 3.60. The van der Waals surface area contributed by atoms with E-state index in [1.165, 1.54) is 25.2 Å². The van der Waals surface area contributed by atoms with E-state index < -0.39 is 35.7 Å². The molecule has 11 heteroatoms. The highest BCUT2D eigenvalue weighted by atomic mass is 35.5. The first kappa shape index (κ1) is 30.1. The molecule has 4 bridgehead atoms. The number of nitrogens with zero attached hydrogens (tertiary/aromatic N) is 1. The van der Waals surface area contributed by atoms with Crippen LogP contribution in [0.5, 0.6) is 5.75 Å². The predicted molar refractivity (Wildman–Crippen MR) is 149 cm³/mol. The zero-order valence-electron chi connectivity index (χ0n) is 23.8. The molecule has 0 aromatic heterocycles. The molecule has 1 aromatic rings. The minimum absolute atomic E-state index is 0.0671. The third-order valence-corrected chi connectivity index (χ3v) is 8.25. The van der Waals surface area contributed by atoms with E-state index in [0.29, 0.717) is 11.4 Å². The number of halogens is 1. The summed E-state index contributed by atoms with van der Waals surface area (Å²) in [5, 5.41) is 14.3. The Morgan fingerprint density at radius 3 is 2.58 bits per heavy atom. The molecule has 0 saturated carbocycles. The number of hydrogen-bond donors (Lipinski definition) is 2. The fraction of sp³-hybridized carbons (Fsp3) is 0.517. The van der Waals surface area contributed by atoms with Crippen molar-refractivity contribution in [2.45, 2.75) is 62.9 Å². The number of carbonyl (C=O) groups excluding carboxylic acids is 2. The van der Waals surface area contributed by atoms with Crippen LogP contribution in [0.4, 0.5) is 10.5 Å². The number of benzene rings is 1. The number of fused-ring (bicyclic) bond motifs is 5. The number of carbonyl (C=O) groups is 2. The number of epoxide rings is 1. The molecule has 1 aromatic carbocycles. The SMILES string of the molecule is COc1cc2cc(c1Cl)N(C)C(=O)C=CC1(C)OC1C(C)C1CC(O)(NC(=O)O1)C(OC)C=CC=C(C)C2OC. The maximum atomic E-state index is 13.2. The molecule has 40 heavy (non-hydrogen) atoms. The molecule has 3 aliphatic rings. The number of likely N-dealkylation sites (N-methyl/N-ethyl adjacent to an activating group) is 1. The van der Waals surface area contributed by atoms with Crippen LogP contribution in [0, 0.1) is 5.92 Å². The molecule has 4 rings (SSSR count). The first-order valence-electron chi connectivity index (χ1n) is 13.0. The molecule has 2 fully saturated rings. The van der Waals surface area contributed by atoms with Gasteiger partial charge in [-0.25, -0.2) is 4.79 Å². The molecule has 0 radical (unpaired) electrons. The Morgan fingerprint density at radius 1 is 1.20 bits per heavy atom. The number of nitrogens with one attached hydrogen (secondary N) is 1. The zero-order valence-corrected chi connectivity index (χ0v) is 24.5. The molecule has 2 saturated heterocycles. The van der Waals surface area contributed by atoms with E-state index in [1.807, 2.05) is 26.8 Å². The second kappa shape index (κ2) is 11.5. The minimum atomic E-state index is -1.72. The van der Waals surface area contributed by atoms with Crippen LogP contribution < -0.4 is 15.0 Å². The van der Waals surface area contributed by atoms with Crippen molar-refractivity contribution in [1.82, 2.24) is 5.32 Å². The fourth-order valence-corrected chi connectivity index (χ4v) is 5.76. The summed E-state index contributed by atoms with van der Waals surface area (Å²) in [5.74, 6) is -0.217. The molecule has 2 amide bonds. The topological polar surface area (TPSA) is 119 Å². The van der Waals surface area contributed by atoms with Crippen molar-refractivity contribution in [3.63, 3.8) is 0 Å². The number of anilines is 1. The summed E-state index contributed by atoms with van der Waals surface area (Å²) in [6, 6.07) is 3.55. The van der Waals surface area contributed by atoms with E-state index in [2.05, 4.69) is 5.32 Å². The van der Waals surface area contributed by atoms with Crippen LogP contribution in [0.1, 0.15) is 38.9 Å². The Kier molecular flexibility index (Phi) is 8.68. The molecule has 3 heterocycles. The van der Waals surface area contributed by atoms with E-state index in [9.17, 15) is 14.7 Å². The van der Waals surface area contributed by atoms with Gasteiger partial charge in [0.15, 0.2) is 5.72 Å². The molecule has 3 aliphatic heterocycles. The number of alkyl carbamates (subject to hydrolysis) is 1. The number of methoxy groups -OCH3 is 3. The van der Waals surface area contributed by atoms with Crippen molar-refractivity contribution in [3.8, 4) is 5.75 Å². The minimum Gasteiger partial charge on any atom is -0.495 e. The molecule has 7 unspecified atom stereocenters. The summed E-state index contributed by atoms with van der Waals surface area (Å²) >= 11 is 6.63. The number of amides is 2. The third kappa shape index (κ3) is 5.77. The smallest absolute Gasteiger partial charge is 0.409 e. The predicted octanol–water partition coefficient (Wildman–Crippen LogP) is 4.07. The highest BCUT2D eigenvalue weighted by Crippen LogP contribution is 2.46. The summed E-state index contributed by atoms with van der Waals surface area (Å²) in [7, 11) is 6.17. The van der Waals surface area contributed by atoms with Gasteiger partial charge in [-0.2, -0.15) is 0 Å². The molecule has 0 spiro atoms. The molecule has 218 valence electrons. The van der Waals surface area contributed by atoms with Crippen molar-refractivity contribution in [2.24, 2.45) is 5.92 Å². The van der Waals surface area contributed by atoms with Gasteiger partial charge in [0.05, 0.1) is 18.9 Å². The van der Waals surface area contributed by atoms with Gasteiger partial charge in [-0.3, -0.25) is 10.1 Å². The van der Waals surface area contributed by atoms with Crippen LogP contribution in [-0.4, -0.2) is 75.1 Å². The Bertz CT molecular complexity index is 1250. The zero-order chi connectivity index (χ0) is 29.4. The van der Waals surface area contributed by atoms with Crippen molar-refractivity contribution in [1.29, 1.82) is 0 Å². The van der Waals surface area contributed by atoms with Crippen LogP contribution in [0.2, 0.25) is 5.02 Å². The average molecular weight is 577 g/mol. The maximum Gasteiger partial charge on any atom is 0.409 e. The van der Waals surface area contributed by atoms with E-state index in [4.69, 9.17) is 35.3 Å². The first-order chi connectivity index (χ1) is 18.9. The van der Waals surface area contributed by atoms with Crippen LogP contribution >= 0.6 is 11.6 Å². The fourth-order valence-electron chi connectivity index (χ4n) is 5.45. The van der Waals surface area contributed by atoms with Gasteiger partial charge in [0.25, 0.3) is 5.91 Å². The Balaban J connectivity index is 1.81. The summed E-state index contributed by atoms with van der Waals surface area (Å²) in [4.78, 5) is 27.2. The van der Waals surface area contributed by atoms with E-state index in [1.54, 1.807) is 44.5 Å². The van der Waals surface area contributed by atoms with Gasteiger partial charge in [0.2, 0.25) is 0 Å². The number of hydrogen-bond acceptors (Lipinski definition) is 8. The molecular weight excluding hydrogens is 540 g/mol.